The highest BCUT2D eigenvalue weighted by Crippen LogP contribution is 2.29. The summed E-state index contributed by atoms with van der Waals surface area (Å²) in [5.74, 6) is -0.995. The number of halogens is 2. The van der Waals surface area contributed by atoms with Gasteiger partial charge in [-0.1, -0.05) is 12.1 Å². The van der Waals surface area contributed by atoms with Crippen LogP contribution in [0.25, 0.3) is 11.3 Å². The van der Waals surface area contributed by atoms with E-state index < -0.39 is 11.4 Å². The lowest BCUT2D eigenvalue weighted by molar-refractivity contribution is -0.0162. The lowest BCUT2D eigenvalue weighted by Crippen LogP contribution is -2.47. The molecule has 1 saturated heterocycles. The van der Waals surface area contributed by atoms with Crippen LogP contribution in [0.3, 0.4) is 0 Å². The fraction of sp³-hybridized carbons (Fsp3) is 0.261. The molecule has 2 heterocycles. The summed E-state index contributed by atoms with van der Waals surface area (Å²) in [6.45, 7) is 0.744. The van der Waals surface area contributed by atoms with E-state index in [-0.39, 0.29) is 11.7 Å². The van der Waals surface area contributed by atoms with Crippen LogP contribution in [0.4, 0.5) is 8.78 Å². The standard InChI is InChI=1S/C23H21F2N3O2/c24-17-3-1-16(2-4-17)14-23(30)8-11-28(12-9-23)22(29)19-6-5-18(25)13-20(19)21-7-10-26-15-27-21/h1-7,10,13,15,30H,8-9,11-12,14H2. The monoisotopic (exact) mass is 409 g/mol. The van der Waals surface area contributed by atoms with Gasteiger partial charge in [-0.25, -0.2) is 18.7 Å². The number of piperidine rings is 1. The molecule has 1 amide bonds. The molecule has 0 saturated carbocycles. The largest absolute Gasteiger partial charge is 0.389 e. The first-order valence-electron chi connectivity index (χ1n) is 9.76. The van der Waals surface area contributed by atoms with Gasteiger partial charge in [-0.05, 0) is 54.8 Å². The van der Waals surface area contributed by atoms with Crippen LogP contribution in [0.15, 0.2) is 61.1 Å². The smallest absolute Gasteiger partial charge is 0.254 e. The average Bonchev–Trinajstić information content (AvgIpc) is 2.76. The van der Waals surface area contributed by atoms with E-state index in [0.29, 0.717) is 49.2 Å². The highest BCUT2D eigenvalue weighted by atomic mass is 19.1. The Morgan fingerprint density at radius 2 is 1.73 bits per heavy atom. The number of aliphatic hydroxyl groups is 1. The topological polar surface area (TPSA) is 66.3 Å². The maximum absolute atomic E-state index is 13.8. The van der Waals surface area contributed by atoms with Gasteiger partial charge in [0.2, 0.25) is 0 Å². The molecule has 0 atom stereocenters. The third-order valence-corrected chi connectivity index (χ3v) is 5.50. The Labute approximate surface area is 173 Å². The Hall–Kier alpha value is -3.19. The van der Waals surface area contributed by atoms with Gasteiger partial charge in [0.05, 0.1) is 11.3 Å². The molecule has 0 unspecified atom stereocenters. The van der Waals surface area contributed by atoms with Crippen LogP contribution in [0, 0.1) is 11.6 Å². The van der Waals surface area contributed by atoms with Gasteiger partial charge >= 0.3 is 0 Å². The predicted octanol–water partition coefficient (Wildman–Crippen LogP) is 3.63. The van der Waals surface area contributed by atoms with E-state index in [9.17, 15) is 18.7 Å². The Kier molecular flexibility index (Phi) is 5.55. The van der Waals surface area contributed by atoms with Crippen molar-refractivity contribution in [3.8, 4) is 11.3 Å². The predicted molar refractivity (Wildman–Crippen MR) is 108 cm³/mol. The van der Waals surface area contributed by atoms with E-state index >= 15 is 0 Å². The number of nitrogens with zero attached hydrogens (tertiary/aromatic N) is 3. The van der Waals surface area contributed by atoms with Crippen molar-refractivity contribution < 1.29 is 18.7 Å². The fourth-order valence-corrected chi connectivity index (χ4v) is 3.82. The minimum atomic E-state index is -0.951. The van der Waals surface area contributed by atoms with Crippen molar-refractivity contribution in [2.45, 2.75) is 24.9 Å². The number of aromatic nitrogens is 2. The molecule has 0 radical (unpaired) electrons. The number of hydrogen-bond acceptors (Lipinski definition) is 4. The molecular formula is C23H21F2N3O2. The number of benzene rings is 2. The number of carbonyl (C=O) groups excluding carboxylic acids is 1. The number of hydrogen-bond donors (Lipinski definition) is 1. The zero-order chi connectivity index (χ0) is 21.1. The minimum Gasteiger partial charge on any atom is -0.389 e. The van der Waals surface area contributed by atoms with Gasteiger partial charge in [-0.3, -0.25) is 4.79 Å². The molecule has 0 spiro atoms. The third-order valence-electron chi connectivity index (χ3n) is 5.50. The lowest BCUT2D eigenvalue weighted by Gasteiger charge is -2.38. The summed E-state index contributed by atoms with van der Waals surface area (Å²) < 4.78 is 27.0. The number of likely N-dealkylation sites (tertiary alicyclic amines) is 1. The highest BCUT2D eigenvalue weighted by molar-refractivity contribution is 6.00. The minimum absolute atomic E-state index is 0.229. The van der Waals surface area contributed by atoms with Crippen molar-refractivity contribution in [3.05, 3.63) is 83.8 Å². The summed E-state index contributed by atoms with van der Waals surface area (Å²) in [7, 11) is 0. The molecule has 5 nitrogen and oxygen atoms in total. The first-order valence-corrected chi connectivity index (χ1v) is 9.76. The van der Waals surface area contributed by atoms with Crippen molar-refractivity contribution >= 4 is 5.91 Å². The zero-order valence-corrected chi connectivity index (χ0v) is 16.3. The van der Waals surface area contributed by atoms with Gasteiger partial charge in [0.1, 0.15) is 18.0 Å². The van der Waals surface area contributed by atoms with Gasteiger partial charge in [0.15, 0.2) is 0 Å². The summed E-state index contributed by atoms with van der Waals surface area (Å²) in [6, 6.07) is 11.7. The average molecular weight is 409 g/mol. The van der Waals surface area contributed by atoms with Crippen LogP contribution in [0.2, 0.25) is 0 Å². The second kappa shape index (κ2) is 8.28. The van der Waals surface area contributed by atoms with Crippen molar-refractivity contribution in [2.75, 3.05) is 13.1 Å². The first-order chi connectivity index (χ1) is 14.4. The molecule has 7 heteroatoms. The van der Waals surface area contributed by atoms with E-state index in [1.54, 1.807) is 23.1 Å². The van der Waals surface area contributed by atoms with Crippen molar-refractivity contribution in [1.82, 2.24) is 14.9 Å². The second-order valence-corrected chi connectivity index (χ2v) is 7.60. The van der Waals surface area contributed by atoms with E-state index in [1.807, 2.05) is 0 Å². The van der Waals surface area contributed by atoms with E-state index in [2.05, 4.69) is 9.97 Å². The van der Waals surface area contributed by atoms with Gasteiger partial charge in [-0.2, -0.15) is 0 Å². The Morgan fingerprint density at radius 1 is 1.03 bits per heavy atom. The molecule has 3 aromatic rings. The lowest BCUT2D eigenvalue weighted by atomic mass is 9.85. The molecule has 0 bridgehead atoms. The van der Waals surface area contributed by atoms with Crippen molar-refractivity contribution in [3.63, 3.8) is 0 Å². The molecule has 1 N–H and O–H groups in total. The fourth-order valence-electron chi connectivity index (χ4n) is 3.82. The molecular weight excluding hydrogens is 388 g/mol. The van der Waals surface area contributed by atoms with Gasteiger partial charge in [0, 0.05) is 36.8 Å². The maximum Gasteiger partial charge on any atom is 0.254 e. The number of carbonyl (C=O) groups is 1. The molecule has 30 heavy (non-hydrogen) atoms. The third kappa shape index (κ3) is 4.36. The maximum atomic E-state index is 13.8. The zero-order valence-electron chi connectivity index (χ0n) is 16.3. The molecule has 0 aliphatic carbocycles. The van der Waals surface area contributed by atoms with Gasteiger partial charge < -0.3 is 10.0 Å². The number of amides is 1. The highest BCUT2D eigenvalue weighted by Gasteiger charge is 2.34. The molecule has 2 aromatic carbocycles. The quantitative estimate of drug-likeness (QED) is 0.715. The molecule has 154 valence electrons. The molecule has 4 rings (SSSR count). The summed E-state index contributed by atoms with van der Waals surface area (Å²) in [5, 5.41) is 10.9. The van der Waals surface area contributed by atoms with Crippen molar-refractivity contribution in [2.24, 2.45) is 0 Å². The summed E-state index contributed by atoms with van der Waals surface area (Å²) >= 11 is 0. The van der Waals surface area contributed by atoms with Crippen LogP contribution in [0.5, 0.6) is 0 Å². The van der Waals surface area contributed by atoms with E-state index in [4.69, 9.17) is 0 Å². The van der Waals surface area contributed by atoms with Crippen LogP contribution >= 0.6 is 0 Å². The Balaban J connectivity index is 1.49. The summed E-state index contributed by atoms with van der Waals surface area (Å²) in [4.78, 5) is 22.8. The molecule has 1 aromatic heterocycles. The van der Waals surface area contributed by atoms with E-state index in [1.165, 1.54) is 42.9 Å². The van der Waals surface area contributed by atoms with Gasteiger partial charge in [0.25, 0.3) is 5.91 Å². The van der Waals surface area contributed by atoms with Crippen LogP contribution < -0.4 is 0 Å². The Bertz CT molecular complexity index is 1030. The molecule has 1 aliphatic rings. The molecule has 1 aliphatic heterocycles. The Morgan fingerprint density at radius 3 is 2.40 bits per heavy atom. The second-order valence-electron chi connectivity index (χ2n) is 7.60. The van der Waals surface area contributed by atoms with Crippen LogP contribution in [0.1, 0.15) is 28.8 Å². The van der Waals surface area contributed by atoms with Gasteiger partial charge in [-0.15, -0.1) is 0 Å². The van der Waals surface area contributed by atoms with E-state index in [0.717, 1.165) is 5.56 Å². The normalized spacial score (nSPS) is 15.8. The number of rotatable bonds is 4. The van der Waals surface area contributed by atoms with Crippen molar-refractivity contribution in [1.29, 1.82) is 0 Å². The van der Waals surface area contributed by atoms with Crippen LogP contribution in [-0.4, -0.2) is 44.6 Å². The summed E-state index contributed by atoms with van der Waals surface area (Å²) in [5.41, 5.74) is 1.14. The van der Waals surface area contributed by atoms with Crippen LogP contribution in [-0.2, 0) is 6.42 Å². The molecule has 1 fully saturated rings. The first kappa shape index (κ1) is 20.1. The summed E-state index contributed by atoms with van der Waals surface area (Å²) in [6.07, 6.45) is 4.10. The SMILES string of the molecule is O=C(c1ccc(F)cc1-c1ccncn1)N1CCC(O)(Cc2ccc(F)cc2)CC1.